The van der Waals surface area contributed by atoms with Crippen molar-refractivity contribution < 1.29 is 29.0 Å². The van der Waals surface area contributed by atoms with Crippen molar-refractivity contribution in [2.24, 2.45) is 5.41 Å². The SMILES string of the molecule is CC.CN1CC=C(C(=N)c2ccc(-c3cc(O)cc(CC(NC(=O)OC(C)(C)C)C(=O)N4CCCCN4)c3)cc2NCC(C)(C)COC=O)CC1. The summed E-state index contributed by atoms with van der Waals surface area (Å²) in [7, 11) is 2.06. The van der Waals surface area contributed by atoms with Gasteiger partial charge in [-0.25, -0.2) is 10.2 Å². The number of anilines is 1. The number of hydrogen-bond donors (Lipinski definition) is 5. The number of alkyl carbamates (subject to hydrolysis) is 1. The van der Waals surface area contributed by atoms with Gasteiger partial charge in [0.15, 0.2) is 0 Å². The van der Waals surface area contributed by atoms with Gasteiger partial charge in [-0.05, 0) is 87.5 Å². The van der Waals surface area contributed by atoms with Gasteiger partial charge < -0.3 is 30.1 Å². The summed E-state index contributed by atoms with van der Waals surface area (Å²) >= 11 is 0. The van der Waals surface area contributed by atoms with E-state index >= 15 is 0 Å². The Morgan fingerprint density at radius 1 is 1.06 bits per heavy atom. The minimum atomic E-state index is -0.936. The van der Waals surface area contributed by atoms with Crippen molar-refractivity contribution in [2.75, 3.05) is 51.7 Å². The highest BCUT2D eigenvalue weighted by atomic mass is 16.6. The lowest BCUT2D eigenvalue weighted by Gasteiger charge is -2.32. The number of amides is 2. The first kappa shape index (κ1) is 41.0. The Hall–Kier alpha value is -4.42. The van der Waals surface area contributed by atoms with Crippen LogP contribution in [0.3, 0.4) is 0 Å². The van der Waals surface area contributed by atoms with Crippen LogP contribution in [0.1, 0.15) is 78.9 Å². The zero-order valence-electron chi connectivity index (χ0n) is 31.7. The third-order valence-electron chi connectivity index (χ3n) is 8.44. The van der Waals surface area contributed by atoms with Gasteiger partial charge in [-0.1, -0.05) is 52.0 Å². The molecule has 2 aromatic carbocycles. The van der Waals surface area contributed by atoms with E-state index in [0.717, 1.165) is 54.7 Å². The Morgan fingerprint density at radius 2 is 1.80 bits per heavy atom. The number of nitrogens with one attached hydrogen (secondary N) is 4. The number of nitrogens with zero attached hydrogens (tertiary/aromatic N) is 2. The zero-order valence-corrected chi connectivity index (χ0v) is 31.7. The molecule has 12 heteroatoms. The zero-order chi connectivity index (χ0) is 37.8. The fourth-order valence-corrected chi connectivity index (χ4v) is 5.81. The topological polar surface area (TPSA) is 156 Å². The maximum absolute atomic E-state index is 13.6. The van der Waals surface area contributed by atoms with Crippen LogP contribution in [0.2, 0.25) is 0 Å². The predicted octanol–water partition coefficient (Wildman–Crippen LogP) is 5.89. The van der Waals surface area contributed by atoms with Crippen molar-refractivity contribution >= 4 is 29.9 Å². The molecule has 2 heterocycles. The molecule has 2 aliphatic heterocycles. The van der Waals surface area contributed by atoms with E-state index in [1.165, 1.54) is 0 Å². The second kappa shape index (κ2) is 18.7. The molecule has 1 unspecified atom stereocenters. The number of rotatable bonds is 13. The number of hydrazine groups is 1. The first-order valence-corrected chi connectivity index (χ1v) is 17.9. The van der Waals surface area contributed by atoms with E-state index in [0.29, 0.717) is 42.9 Å². The van der Waals surface area contributed by atoms with Gasteiger partial charge in [0.1, 0.15) is 17.4 Å². The van der Waals surface area contributed by atoms with Crippen LogP contribution >= 0.6 is 0 Å². The molecule has 2 amide bonds. The van der Waals surface area contributed by atoms with Gasteiger partial charge in [0, 0.05) is 55.8 Å². The minimum absolute atomic E-state index is 0.0158. The number of carbonyl (C=O) groups is 3. The molecule has 2 aliphatic rings. The summed E-state index contributed by atoms with van der Waals surface area (Å²) in [6, 6.07) is 9.99. The number of carbonyl (C=O) groups excluding carboxylic acids is 3. The van der Waals surface area contributed by atoms with Crippen LogP contribution in [0, 0.1) is 10.8 Å². The normalized spacial score (nSPS) is 15.8. The van der Waals surface area contributed by atoms with E-state index in [9.17, 15) is 19.5 Å². The maximum atomic E-state index is 13.6. The van der Waals surface area contributed by atoms with Gasteiger partial charge in [0.25, 0.3) is 12.4 Å². The summed E-state index contributed by atoms with van der Waals surface area (Å²) < 4.78 is 10.5. The van der Waals surface area contributed by atoms with Gasteiger partial charge in [-0.3, -0.25) is 20.0 Å². The van der Waals surface area contributed by atoms with Gasteiger partial charge in [-0.15, -0.1) is 0 Å². The molecule has 1 atom stereocenters. The number of hydrogen-bond acceptors (Lipinski definition) is 10. The maximum Gasteiger partial charge on any atom is 0.408 e. The number of aromatic hydroxyl groups is 1. The van der Waals surface area contributed by atoms with Crippen molar-refractivity contribution in [2.45, 2.75) is 85.8 Å². The first-order valence-electron chi connectivity index (χ1n) is 17.9. The summed E-state index contributed by atoms with van der Waals surface area (Å²) in [5, 5.41) is 27.8. The van der Waals surface area contributed by atoms with E-state index in [2.05, 4.69) is 34.1 Å². The number of likely N-dealkylation sites (N-methyl/N-ethyl adjacent to an activating group) is 1. The lowest BCUT2D eigenvalue weighted by Crippen LogP contribution is -2.56. The number of benzene rings is 2. The van der Waals surface area contributed by atoms with Gasteiger partial charge >= 0.3 is 6.09 Å². The molecule has 5 N–H and O–H groups in total. The number of phenolic OH excluding ortho intramolecular Hbond substituents is 1. The Morgan fingerprint density at radius 3 is 2.43 bits per heavy atom. The second-order valence-corrected chi connectivity index (χ2v) is 14.7. The highest BCUT2D eigenvalue weighted by Crippen LogP contribution is 2.32. The van der Waals surface area contributed by atoms with E-state index in [-0.39, 0.29) is 30.1 Å². The largest absolute Gasteiger partial charge is 0.508 e. The lowest BCUT2D eigenvalue weighted by atomic mass is 9.91. The average molecular weight is 707 g/mol. The molecule has 0 bridgehead atoms. The highest BCUT2D eigenvalue weighted by Gasteiger charge is 2.30. The van der Waals surface area contributed by atoms with Crippen LogP contribution in [-0.4, -0.2) is 97.2 Å². The number of phenols is 1. The summed E-state index contributed by atoms with van der Waals surface area (Å²) in [5.74, 6) is -0.267. The van der Waals surface area contributed by atoms with Crippen LogP contribution in [0.5, 0.6) is 5.75 Å². The predicted molar refractivity (Wildman–Crippen MR) is 202 cm³/mol. The van der Waals surface area contributed by atoms with Gasteiger partial charge in [0.05, 0.1) is 12.3 Å². The van der Waals surface area contributed by atoms with E-state index in [1.54, 1.807) is 37.9 Å². The van der Waals surface area contributed by atoms with Crippen LogP contribution in [0.25, 0.3) is 11.1 Å². The quantitative estimate of drug-likeness (QED) is 0.127. The molecular weight excluding hydrogens is 648 g/mol. The molecule has 0 saturated carbocycles. The van der Waals surface area contributed by atoms with Crippen molar-refractivity contribution in [3.63, 3.8) is 0 Å². The van der Waals surface area contributed by atoms with Crippen LogP contribution in [0.15, 0.2) is 48.0 Å². The molecule has 12 nitrogen and oxygen atoms in total. The van der Waals surface area contributed by atoms with Crippen LogP contribution < -0.4 is 16.1 Å². The molecule has 51 heavy (non-hydrogen) atoms. The number of ether oxygens (including phenoxy) is 2. The molecule has 2 aromatic rings. The third-order valence-corrected chi connectivity index (χ3v) is 8.44. The average Bonchev–Trinajstić information content (AvgIpc) is 3.09. The molecule has 0 spiro atoms. The van der Waals surface area contributed by atoms with Crippen molar-refractivity contribution in [3.05, 3.63) is 59.2 Å². The molecule has 1 saturated heterocycles. The third kappa shape index (κ3) is 12.7. The van der Waals surface area contributed by atoms with Gasteiger partial charge in [-0.2, -0.15) is 0 Å². The Bertz CT molecular complexity index is 1540. The summed E-state index contributed by atoms with van der Waals surface area (Å²) in [6.45, 7) is 17.3. The summed E-state index contributed by atoms with van der Waals surface area (Å²) in [4.78, 5) is 39.5. The standard InChI is InChI=1S/C37H52N6O6.C2H6/c1-36(2,3)49-35(47)41-32(34(46)43-14-8-7-13-40-43)19-25-17-28(20-29(45)18-25)27-9-10-30(33(38)26-11-15-42(6)16-12-26)31(21-27)39-22-37(4,5)23-48-24-44;1-2/h9-11,17-18,20-21,24,32,38-40,45H,7-8,12-16,19,22-23H2,1-6H3,(H,41,47);1-2H3. The molecule has 0 radical (unpaired) electrons. The van der Waals surface area contributed by atoms with Crippen molar-refractivity contribution in [3.8, 4) is 16.9 Å². The van der Waals surface area contributed by atoms with Crippen molar-refractivity contribution in [1.82, 2.24) is 20.7 Å². The lowest BCUT2D eigenvalue weighted by molar-refractivity contribution is -0.137. The Labute approximate surface area is 303 Å². The fraction of sp³-hybridized carbons (Fsp3) is 0.538. The Balaban J connectivity index is 0.00000345. The molecular formula is C39H58N6O6. The second-order valence-electron chi connectivity index (χ2n) is 14.7. The van der Waals surface area contributed by atoms with E-state index < -0.39 is 17.7 Å². The summed E-state index contributed by atoms with van der Waals surface area (Å²) in [5.41, 5.74) is 7.05. The first-order chi connectivity index (χ1) is 24.1. The molecule has 1 fully saturated rings. The fourth-order valence-electron chi connectivity index (χ4n) is 5.81. The Kier molecular flexibility index (Phi) is 15.0. The minimum Gasteiger partial charge on any atom is -0.508 e. The molecule has 280 valence electrons. The molecule has 4 rings (SSSR count). The molecule has 0 aliphatic carbocycles. The monoisotopic (exact) mass is 706 g/mol. The molecule has 0 aromatic heterocycles. The van der Waals surface area contributed by atoms with Gasteiger partial charge in [0.2, 0.25) is 0 Å². The van der Waals surface area contributed by atoms with Crippen LogP contribution in [0.4, 0.5) is 10.5 Å². The smallest absolute Gasteiger partial charge is 0.408 e. The van der Waals surface area contributed by atoms with E-state index in [1.807, 2.05) is 52.0 Å². The summed E-state index contributed by atoms with van der Waals surface area (Å²) in [6.07, 6.45) is 4.10. The van der Waals surface area contributed by atoms with Crippen molar-refractivity contribution in [1.29, 1.82) is 5.41 Å². The highest BCUT2D eigenvalue weighted by molar-refractivity contribution is 6.14. The van der Waals surface area contributed by atoms with Crippen LogP contribution in [-0.2, 0) is 25.5 Å². The van der Waals surface area contributed by atoms with E-state index in [4.69, 9.17) is 14.9 Å².